The van der Waals surface area contributed by atoms with Gasteiger partial charge in [0.1, 0.15) is 0 Å². The monoisotopic (exact) mass is 319 g/mol. The Morgan fingerprint density at radius 1 is 1.33 bits per heavy atom. The molecule has 0 spiro atoms. The van der Waals surface area contributed by atoms with E-state index in [2.05, 4.69) is 27.2 Å². The van der Waals surface area contributed by atoms with Gasteiger partial charge in [0.15, 0.2) is 0 Å². The van der Waals surface area contributed by atoms with Crippen LogP contribution < -0.4 is 0 Å². The number of rotatable bonds is 0. The molecule has 7 heteroatoms. The van der Waals surface area contributed by atoms with Gasteiger partial charge in [-0.2, -0.15) is 6.29 Å². The molecule has 0 saturated heterocycles. The molecule has 0 bridgehead atoms. The summed E-state index contributed by atoms with van der Waals surface area (Å²) in [6.45, 7) is 0. The van der Waals surface area contributed by atoms with Gasteiger partial charge in [-0.3, -0.25) is 0 Å². The fourth-order valence-electron chi connectivity index (χ4n) is 0. The predicted octanol–water partition coefficient (Wildman–Crippen LogP) is 2.35. The number of hydrogen-bond acceptors (Lipinski definition) is 1. The summed E-state index contributed by atoms with van der Waals surface area (Å²) in [5.41, 5.74) is 0. The topological polar surface area (TPSA) is 17.1 Å². The summed E-state index contributed by atoms with van der Waals surface area (Å²) in [4.78, 5) is 8.58. The minimum absolute atomic E-state index is 0.146. The summed E-state index contributed by atoms with van der Waals surface area (Å²) in [6, 6.07) is 0. The van der Waals surface area contributed by atoms with Gasteiger partial charge in [0.2, 0.25) is 0 Å². The van der Waals surface area contributed by atoms with E-state index in [9.17, 15) is 13.2 Å². The quantitative estimate of drug-likeness (QED) is 0.494. The molecule has 0 aromatic carbocycles. The molecule has 0 radical (unpaired) electrons. The maximum atomic E-state index is 10.4. The van der Waals surface area contributed by atoms with Crippen molar-refractivity contribution >= 4 is 33.5 Å². The third-order valence-electron chi connectivity index (χ3n) is 0.116. The molecule has 0 heterocycles. The van der Waals surface area contributed by atoms with Crippen LogP contribution in [0.15, 0.2) is 0 Å². The molecular formula is C2Br2F3OZn-. The minimum atomic E-state index is -4.76. The zero-order valence-electron chi connectivity index (χ0n) is 4.01. The molecule has 0 saturated carbocycles. The Labute approximate surface area is 70.7 Å². The van der Waals surface area contributed by atoms with Gasteiger partial charge in [-0.15, -0.1) is 0 Å². The van der Waals surface area contributed by atoms with E-state index >= 15 is 0 Å². The SMILES string of the molecule is O=[C-]C(F)(F)F.[Br][Zn][Br]. The van der Waals surface area contributed by atoms with Crippen LogP contribution in [0.5, 0.6) is 0 Å². The van der Waals surface area contributed by atoms with Crippen molar-refractivity contribution in [1.29, 1.82) is 0 Å². The van der Waals surface area contributed by atoms with Crippen molar-refractivity contribution in [2.45, 2.75) is 6.18 Å². The molecule has 0 fully saturated rings. The van der Waals surface area contributed by atoms with E-state index in [1.165, 1.54) is 0 Å². The standard InChI is InChI=1S/C2F3O.2BrH.Zn/c3-2(4,5)1-6;;;/h;2*1H;/q-1;;;+2/p-2. The second-order valence-electron chi connectivity index (χ2n) is 0.701. The molecule has 0 aliphatic rings. The summed E-state index contributed by atoms with van der Waals surface area (Å²) < 4.78 is 31.1. The number of halogens is 5. The molecule has 0 unspecified atom stereocenters. The Balaban J connectivity index is 0. The van der Waals surface area contributed by atoms with E-state index < -0.39 is 6.18 Å². The van der Waals surface area contributed by atoms with Gasteiger partial charge < -0.3 is 4.79 Å². The Bertz CT molecular complexity index is 74.7. The maximum absolute atomic E-state index is 10.4. The summed E-state index contributed by atoms with van der Waals surface area (Å²) >= 11 is 6.25. The van der Waals surface area contributed by atoms with Crippen LogP contribution in [0.2, 0.25) is 0 Å². The fourth-order valence-corrected chi connectivity index (χ4v) is 0. The zero-order chi connectivity index (χ0) is 7.91. The molecule has 1 nitrogen and oxygen atoms in total. The molecule has 0 atom stereocenters. The van der Waals surface area contributed by atoms with Gasteiger partial charge in [-0.05, 0) is 0 Å². The predicted molar refractivity (Wildman–Crippen MR) is 29.6 cm³/mol. The zero-order valence-corrected chi connectivity index (χ0v) is 10.1. The molecular weight excluding hydrogens is 322 g/mol. The van der Waals surface area contributed by atoms with Crippen LogP contribution >= 0.6 is 27.2 Å². The van der Waals surface area contributed by atoms with Crippen molar-refractivity contribution in [2.24, 2.45) is 0 Å². The van der Waals surface area contributed by atoms with Crippen LogP contribution in [-0.4, -0.2) is 12.5 Å². The van der Waals surface area contributed by atoms with Crippen molar-refractivity contribution in [3.8, 4) is 0 Å². The van der Waals surface area contributed by atoms with Gasteiger partial charge in [0.05, 0.1) is 0 Å². The first kappa shape index (κ1) is 12.7. The second-order valence-corrected chi connectivity index (χ2v) is 14.8. The summed E-state index contributed by atoms with van der Waals surface area (Å²) in [7, 11) is 0. The van der Waals surface area contributed by atoms with E-state index in [0.717, 1.165) is 0 Å². The molecule has 0 aromatic rings. The van der Waals surface area contributed by atoms with Crippen molar-refractivity contribution in [3.63, 3.8) is 0 Å². The first-order valence-corrected chi connectivity index (χ1v) is 15.5. The number of hydrogen-bond donors (Lipinski definition) is 0. The van der Waals surface area contributed by atoms with Crippen molar-refractivity contribution in [2.75, 3.05) is 0 Å². The van der Waals surface area contributed by atoms with Crippen LogP contribution in [0, 0.1) is 0 Å². The van der Waals surface area contributed by atoms with Gasteiger partial charge >= 0.3 is 40.5 Å². The Morgan fingerprint density at radius 3 is 1.44 bits per heavy atom. The summed E-state index contributed by atoms with van der Waals surface area (Å²) in [5.74, 6) is 0. The van der Waals surface area contributed by atoms with Crippen LogP contribution in [0.4, 0.5) is 13.2 Å². The summed E-state index contributed by atoms with van der Waals surface area (Å²) in [6.07, 6.45) is -4.91. The van der Waals surface area contributed by atoms with E-state index in [4.69, 9.17) is 4.79 Å². The van der Waals surface area contributed by atoms with Gasteiger partial charge in [0.25, 0.3) is 6.18 Å². The van der Waals surface area contributed by atoms with E-state index in [1.54, 1.807) is 0 Å². The third-order valence-corrected chi connectivity index (χ3v) is 0.116. The Kier molecular flexibility index (Phi) is 10.1. The molecule has 0 aliphatic carbocycles. The van der Waals surface area contributed by atoms with Gasteiger partial charge in [0, 0.05) is 0 Å². The van der Waals surface area contributed by atoms with E-state index in [-0.39, 0.29) is 19.5 Å². The molecule has 0 aliphatic heterocycles. The second kappa shape index (κ2) is 7.15. The molecule has 9 heavy (non-hydrogen) atoms. The van der Waals surface area contributed by atoms with E-state index in [0.29, 0.717) is 0 Å². The molecule has 0 amide bonds. The third kappa shape index (κ3) is 27.4. The van der Waals surface area contributed by atoms with Crippen LogP contribution in [0.1, 0.15) is 0 Å². The molecule has 52 valence electrons. The fraction of sp³-hybridized carbons (Fsp3) is 0.500. The van der Waals surface area contributed by atoms with Crippen LogP contribution in [0.3, 0.4) is 0 Å². The van der Waals surface area contributed by atoms with Gasteiger partial charge in [-0.25, -0.2) is 13.2 Å². The number of alkyl halides is 3. The van der Waals surface area contributed by atoms with Crippen LogP contribution in [-0.2, 0) is 18.0 Å². The molecule has 0 N–H and O–H groups in total. The molecule has 0 rings (SSSR count). The first-order chi connectivity index (χ1) is 3.97. The average molecular weight is 322 g/mol. The van der Waals surface area contributed by atoms with Crippen LogP contribution in [0.25, 0.3) is 0 Å². The normalized spacial score (nSPS) is 8.56. The van der Waals surface area contributed by atoms with E-state index in [1.807, 2.05) is 0 Å². The average Bonchev–Trinajstić information content (AvgIpc) is 1.67. The molecule has 0 aromatic heterocycles. The van der Waals surface area contributed by atoms with Crippen molar-refractivity contribution in [1.82, 2.24) is 0 Å². The Morgan fingerprint density at radius 2 is 1.44 bits per heavy atom. The Hall–Kier alpha value is 1.04. The number of carbonyl (C=O) groups excluding carboxylic acids is 1. The van der Waals surface area contributed by atoms with Crippen molar-refractivity contribution in [3.05, 3.63) is 0 Å². The summed E-state index contributed by atoms with van der Waals surface area (Å²) in [5, 5.41) is 0. The van der Waals surface area contributed by atoms with Crippen molar-refractivity contribution < 1.29 is 31.2 Å². The van der Waals surface area contributed by atoms with Gasteiger partial charge in [-0.1, -0.05) is 0 Å². The first-order valence-electron chi connectivity index (χ1n) is 1.56.